The molecule has 2 rings (SSSR count). The van der Waals surface area contributed by atoms with Gasteiger partial charge in [0.25, 0.3) is 0 Å². The first-order valence-electron chi connectivity index (χ1n) is 5.01. The maximum Gasteiger partial charge on any atom is 0.191 e. The number of nitrogens with zero attached hydrogens (tertiary/aromatic N) is 1. The number of nitrogens with two attached hydrogens (primary N) is 1. The Morgan fingerprint density at radius 3 is 2.53 bits per heavy atom. The highest BCUT2D eigenvalue weighted by Gasteiger charge is 2.02. The van der Waals surface area contributed by atoms with Crippen LogP contribution in [0.15, 0.2) is 34.9 Å². The average Bonchev–Trinajstić information content (AvgIpc) is 2.67. The molecule has 2 N–H and O–H groups in total. The Hall–Kier alpha value is -1.61. The molecule has 0 saturated heterocycles. The van der Waals surface area contributed by atoms with E-state index in [4.69, 9.17) is 10.2 Å². The van der Waals surface area contributed by atoms with Crippen molar-refractivity contribution in [2.75, 3.05) is 6.54 Å². The van der Waals surface area contributed by atoms with Crippen LogP contribution in [-0.2, 0) is 6.42 Å². The molecular weight excluding hydrogens is 188 g/mol. The fraction of sp³-hybridized carbons (Fsp3) is 0.250. The van der Waals surface area contributed by atoms with E-state index in [-0.39, 0.29) is 0 Å². The normalized spacial score (nSPS) is 10.5. The second-order valence-corrected chi connectivity index (χ2v) is 3.49. The Bertz CT molecular complexity index is 431. The Labute approximate surface area is 88.9 Å². The van der Waals surface area contributed by atoms with Crippen molar-refractivity contribution in [3.8, 4) is 11.3 Å². The zero-order chi connectivity index (χ0) is 10.7. The summed E-state index contributed by atoms with van der Waals surface area (Å²) in [6.07, 6.45) is 2.59. The van der Waals surface area contributed by atoms with Gasteiger partial charge in [-0.3, -0.25) is 0 Å². The third-order valence-electron chi connectivity index (χ3n) is 2.30. The number of benzene rings is 1. The molecule has 0 atom stereocenters. The van der Waals surface area contributed by atoms with Crippen LogP contribution < -0.4 is 5.73 Å². The van der Waals surface area contributed by atoms with Gasteiger partial charge in [0.15, 0.2) is 5.89 Å². The van der Waals surface area contributed by atoms with Crippen molar-refractivity contribution in [3.63, 3.8) is 0 Å². The maximum absolute atomic E-state index is 5.49. The summed E-state index contributed by atoms with van der Waals surface area (Å²) in [5.41, 5.74) is 8.69. The van der Waals surface area contributed by atoms with E-state index in [0.717, 1.165) is 17.7 Å². The Kier molecular flexibility index (Phi) is 2.83. The number of aromatic nitrogens is 1. The molecule has 0 bridgehead atoms. The smallest absolute Gasteiger partial charge is 0.191 e. The number of rotatable bonds is 3. The third-order valence-corrected chi connectivity index (χ3v) is 2.30. The highest BCUT2D eigenvalue weighted by atomic mass is 16.3. The summed E-state index contributed by atoms with van der Waals surface area (Å²) in [4.78, 5) is 4.27. The summed E-state index contributed by atoms with van der Waals surface area (Å²) < 4.78 is 5.17. The molecule has 0 fully saturated rings. The molecule has 3 nitrogen and oxygen atoms in total. The van der Waals surface area contributed by atoms with Gasteiger partial charge in [0, 0.05) is 12.5 Å². The Balaban J connectivity index is 2.23. The van der Waals surface area contributed by atoms with Crippen molar-refractivity contribution in [3.05, 3.63) is 42.0 Å². The fourth-order valence-corrected chi connectivity index (χ4v) is 1.50. The van der Waals surface area contributed by atoms with E-state index in [1.54, 1.807) is 6.26 Å². The molecular formula is C12H14N2O. The lowest BCUT2D eigenvalue weighted by Crippen LogP contribution is -2.02. The van der Waals surface area contributed by atoms with Gasteiger partial charge in [0.05, 0.1) is 0 Å². The predicted octanol–water partition coefficient (Wildman–Crippen LogP) is 2.15. The van der Waals surface area contributed by atoms with Crippen LogP contribution in [-0.4, -0.2) is 11.5 Å². The van der Waals surface area contributed by atoms with Gasteiger partial charge < -0.3 is 10.2 Å². The SMILES string of the molecule is Cc1nc(-c2ccc(CCN)cc2)co1. The monoisotopic (exact) mass is 202 g/mol. The van der Waals surface area contributed by atoms with Crippen LogP contribution in [0.2, 0.25) is 0 Å². The summed E-state index contributed by atoms with van der Waals surface area (Å²) >= 11 is 0. The number of hydrogen-bond acceptors (Lipinski definition) is 3. The molecule has 0 unspecified atom stereocenters. The van der Waals surface area contributed by atoms with Gasteiger partial charge in [-0.1, -0.05) is 24.3 Å². The number of oxazole rings is 1. The van der Waals surface area contributed by atoms with E-state index < -0.39 is 0 Å². The zero-order valence-corrected chi connectivity index (χ0v) is 8.73. The van der Waals surface area contributed by atoms with Crippen molar-refractivity contribution in [2.45, 2.75) is 13.3 Å². The van der Waals surface area contributed by atoms with Gasteiger partial charge in [-0.05, 0) is 18.5 Å². The van der Waals surface area contributed by atoms with E-state index >= 15 is 0 Å². The zero-order valence-electron chi connectivity index (χ0n) is 8.73. The highest BCUT2D eigenvalue weighted by molar-refractivity contribution is 5.58. The molecule has 0 aliphatic rings. The van der Waals surface area contributed by atoms with Crippen LogP contribution in [0, 0.1) is 6.92 Å². The van der Waals surface area contributed by atoms with E-state index in [2.05, 4.69) is 17.1 Å². The van der Waals surface area contributed by atoms with Crippen LogP contribution in [0.5, 0.6) is 0 Å². The van der Waals surface area contributed by atoms with Crippen LogP contribution >= 0.6 is 0 Å². The average molecular weight is 202 g/mol. The Morgan fingerprint density at radius 1 is 1.27 bits per heavy atom. The highest BCUT2D eigenvalue weighted by Crippen LogP contribution is 2.18. The van der Waals surface area contributed by atoms with Crippen LogP contribution in [0.4, 0.5) is 0 Å². The van der Waals surface area contributed by atoms with Gasteiger partial charge in [-0.25, -0.2) is 4.98 Å². The minimum Gasteiger partial charge on any atom is -0.449 e. The molecule has 1 aromatic carbocycles. The van der Waals surface area contributed by atoms with Gasteiger partial charge in [-0.15, -0.1) is 0 Å². The van der Waals surface area contributed by atoms with Crippen LogP contribution in [0.1, 0.15) is 11.5 Å². The summed E-state index contributed by atoms with van der Waals surface area (Å²) in [5, 5.41) is 0. The first-order valence-corrected chi connectivity index (χ1v) is 5.01. The minimum absolute atomic E-state index is 0.683. The number of hydrogen-bond donors (Lipinski definition) is 1. The first-order chi connectivity index (χ1) is 7.29. The molecule has 3 heteroatoms. The molecule has 15 heavy (non-hydrogen) atoms. The van der Waals surface area contributed by atoms with Gasteiger partial charge in [0.1, 0.15) is 12.0 Å². The van der Waals surface area contributed by atoms with E-state index in [0.29, 0.717) is 12.4 Å². The lowest BCUT2D eigenvalue weighted by atomic mass is 10.1. The predicted molar refractivity (Wildman–Crippen MR) is 59.4 cm³/mol. The topological polar surface area (TPSA) is 52.0 Å². The molecule has 0 saturated carbocycles. The van der Waals surface area contributed by atoms with Crippen LogP contribution in [0.3, 0.4) is 0 Å². The maximum atomic E-state index is 5.49. The van der Waals surface area contributed by atoms with E-state index in [9.17, 15) is 0 Å². The third kappa shape index (κ3) is 2.25. The lowest BCUT2D eigenvalue weighted by molar-refractivity contribution is 0.521. The van der Waals surface area contributed by atoms with Crippen molar-refractivity contribution in [2.24, 2.45) is 5.73 Å². The van der Waals surface area contributed by atoms with Gasteiger partial charge >= 0.3 is 0 Å². The second-order valence-electron chi connectivity index (χ2n) is 3.49. The molecule has 1 heterocycles. The summed E-state index contributed by atoms with van der Waals surface area (Å²) in [5.74, 6) is 0.691. The van der Waals surface area contributed by atoms with Crippen molar-refractivity contribution in [1.82, 2.24) is 4.98 Å². The summed E-state index contributed by atoms with van der Waals surface area (Å²) in [6.45, 7) is 2.52. The molecule has 0 radical (unpaired) electrons. The summed E-state index contributed by atoms with van der Waals surface area (Å²) in [6, 6.07) is 8.24. The lowest BCUT2D eigenvalue weighted by Gasteiger charge is -1.99. The molecule has 1 aromatic heterocycles. The largest absolute Gasteiger partial charge is 0.449 e. The molecule has 0 aliphatic carbocycles. The molecule has 2 aromatic rings. The van der Waals surface area contributed by atoms with Gasteiger partial charge in [0.2, 0.25) is 0 Å². The summed E-state index contributed by atoms with van der Waals surface area (Å²) in [7, 11) is 0. The quantitative estimate of drug-likeness (QED) is 0.829. The minimum atomic E-state index is 0.683. The van der Waals surface area contributed by atoms with E-state index in [1.807, 2.05) is 19.1 Å². The van der Waals surface area contributed by atoms with Crippen LogP contribution in [0.25, 0.3) is 11.3 Å². The fourth-order valence-electron chi connectivity index (χ4n) is 1.50. The van der Waals surface area contributed by atoms with Crippen molar-refractivity contribution < 1.29 is 4.42 Å². The molecule has 0 amide bonds. The Morgan fingerprint density at radius 2 is 2.00 bits per heavy atom. The van der Waals surface area contributed by atoms with Crippen molar-refractivity contribution >= 4 is 0 Å². The van der Waals surface area contributed by atoms with Gasteiger partial charge in [-0.2, -0.15) is 0 Å². The standard InChI is InChI=1S/C12H14N2O/c1-9-14-12(8-15-9)11-4-2-10(3-5-11)6-7-13/h2-5,8H,6-7,13H2,1H3. The van der Waals surface area contributed by atoms with Crippen molar-refractivity contribution in [1.29, 1.82) is 0 Å². The van der Waals surface area contributed by atoms with E-state index in [1.165, 1.54) is 5.56 Å². The molecule has 0 aliphatic heterocycles. The molecule has 0 spiro atoms. The molecule has 78 valence electrons. The first kappa shape index (κ1) is 9.93. The number of aryl methyl sites for hydroxylation is 1. The second kappa shape index (κ2) is 4.28.